The molecule has 0 bridgehead atoms. The van der Waals surface area contributed by atoms with Gasteiger partial charge in [0.05, 0.1) is 18.8 Å². The van der Waals surface area contributed by atoms with E-state index in [2.05, 4.69) is 0 Å². The minimum absolute atomic E-state index is 0.00592. The van der Waals surface area contributed by atoms with Gasteiger partial charge in [-0.15, -0.1) is 0 Å². The molecule has 1 aromatic rings. The molecule has 1 aromatic carbocycles. The number of carboxylic acids is 1. The van der Waals surface area contributed by atoms with Gasteiger partial charge in [-0.25, -0.2) is 0 Å². The van der Waals surface area contributed by atoms with Crippen LogP contribution in [0.2, 0.25) is 0 Å². The molecular weight excluding hydrogens is 320 g/mol. The molecule has 0 heterocycles. The van der Waals surface area contributed by atoms with E-state index >= 15 is 0 Å². The normalized spacial score (nSPS) is 26.3. The molecule has 138 valence electrons. The Bertz CT molecular complexity index is 542. The third-order valence-electron chi connectivity index (χ3n) is 4.85. The second-order valence-electron chi connectivity index (χ2n) is 6.64. The van der Waals surface area contributed by atoms with Crippen molar-refractivity contribution < 1.29 is 24.9 Å². The van der Waals surface area contributed by atoms with Crippen LogP contribution in [0, 0.1) is 11.8 Å². The Morgan fingerprint density at radius 3 is 2.64 bits per heavy atom. The molecule has 0 aliphatic heterocycles. The molecule has 0 amide bonds. The summed E-state index contributed by atoms with van der Waals surface area (Å²) < 4.78 is 5.96. The molecule has 1 aliphatic carbocycles. The van der Waals surface area contributed by atoms with Gasteiger partial charge in [0.1, 0.15) is 0 Å². The third-order valence-corrected chi connectivity index (χ3v) is 4.85. The van der Waals surface area contributed by atoms with Crippen molar-refractivity contribution in [2.24, 2.45) is 11.8 Å². The lowest BCUT2D eigenvalue weighted by molar-refractivity contribution is -0.137. The highest BCUT2D eigenvalue weighted by atomic mass is 16.5. The summed E-state index contributed by atoms with van der Waals surface area (Å²) in [6, 6.07) is 9.87. The fourth-order valence-electron chi connectivity index (χ4n) is 3.44. The molecule has 5 heteroatoms. The molecule has 4 unspecified atom stereocenters. The summed E-state index contributed by atoms with van der Waals surface area (Å²) in [5, 5.41) is 28.7. The minimum atomic E-state index is -0.779. The first-order chi connectivity index (χ1) is 12.1. The van der Waals surface area contributed by atoms with Crippen LogP contribution in [0.4, 0.5) is 0 Å². The van der Waals surface area contributed by atoms with Crippen molar-refractivity contribution >= 4 is 5.97 Å². The monoisotopic (exact) mass is 348 g/mol. The third kappa shape index (κ3) is 6.27. The van der Waals surface area contributed by atoms with Crippen molar-refractivity contribution in [1.82, 2.24) is 0 Å². The number of benzene rings is 1. The van der Waals surface area contributed by atoms with E-state index in [1.165, 1.54) is 0 Å². The van der Waals surface area contributed by atoms with Crippen molar-refractivity contribution in [2.45, 2.75) is 50.9 Å². The molecule has 0 saturated heterocycles. The van der Waals surface area contributed by atoms with Crippen molar-refractivity contribution in [3.8, 4) is 0 Å². The average molecular weight is 348 g/mol. The SMILES string of the molecule is O=C(O)CCCC=CCC1C(O)CC(OCc2ccccc2)C1CO. The zero-order valence-electron chi connectivity index (χ0n) is 14.5. The summed E-state index contributed by atoms with van der Waals surface area (Å²) in [4.78, 5) is 10.5. The minimum Gasteiger partial charge on any atom is -0.481 e. The standard InChI is InChI=1S/C20H28O5/c21-13-17-16(10-6-1-2-7-11-20(23)24)18(22)12-19(17)25-14-15-8-4-3-5-9-15/h1,3-6,8-9,16-19,21-22H,2,7,10-14H2,(H,23,24). The van der Waals surface area contributed by atoms with Crippen molar-refractivity contribution in [1.29, 1.82) is 0 Å². The second-order valence-corrected chi connectivity index (χ2v) is 6.64. The molecule has 3 N–H and O–H groups in total. The molecule has 2 rings (SSSR count). The fourth-order valence-corrected chi connectivity index (χ4v) is 3.44. The molecule has 5 nitrogen and oxygen atoms in total. The number of carbonyl (C=O) groups is 1. The van der Waals surface area contributed by atoms with Crippen LogP contribution in [0.3, 0.4) is 0 Å². The predicted octanol–water partition coefficient (Wildman–Crippen LogP) is 2.76. The number of aliphatic carboxylic acids is 1. The van der Waals surface area contributed by atoms with Crippen LogP contribution in [-0.4, -0.2) is 40.1 Å². The number of aliphatic hydroxyl groups excluding tert-OH is 2. The number of allylic oxidation sites excluding steroid dienone is 2. The van der Waals surface area contributed by atoms with Gasteiger partial charge in [0.2, 0.25) is 0 Å². The highest BCUT2D eigenvalue weighted by Gasteiger charge is 2.42. The van der Waals surface area contributed by atoms with Crippen LogP contribution in [0.5, 0.6) is 0 Å². The number of hydrogen-bond acceptors (Lipinski definition) is 4. The second kappa shape index (κ2) is 10.3. The first-order valence-electron chi connectivity index (χ1n) is 8.93. The Hall–Kier alpha value is -1.69. The lowest BCUT2D eigenvalue weighted by Crippen LogP contribution is -2.26. The molecule has 1 aliphatic rings. The Kier molecular flexibility index (Phi) is 8.12. The van der Waals surface area contributed by atoms with E-state index in [9.17, 15) is 15.0 Å². The summed E-state index contributed by atoms with van der Waals surface area (Å²) in [7, 11) is 0. The summed E-state index contributed by atoms with van der Waals surface area (Å²) in [5.41, 5.74) is 1.08. The zero-order chi connectivity index (χ0) is 18.1. The molecule has 25 heavy (non-hydrogen) atoms. The number of rotatable bonds is 10. The highest BCUT2D eigenvalue weighted by molar-refractivity contribution is 5.66. The molecule has 1 saturated carbocycles. The molecule has 0 radical (unpaired) electrons. The number of ether oxygens (including phenoxy) is 1. The van der Waals surface area contributed by atoms with E-state index in [1.807, 2.05) is 42.5 Å². The van der Waals surface area contributed by atoms with Crippen LogP contribution >= 0.6 is 0 Å². The zero-order valence-corrected chi connectivity index (χ0v) is 14.5. The van der Waals surface area contributed by atoms with Crippen LogP contribution in [0.15, 0.2) is 42.5 Å². The van der Waals surface area contributed by atoms with Gasteiger partial charge < -0.3 is 20.1 Å². The maximum Gasteiger partial charge on any atom is 0.303 e. The van der Waals surface area contributed by atoms with Gasteiger partial charge in [0.25, 0.3) is 0 Å². The van der Waals surface area contributed by atoms with E-state index in [0.717, 1.165) is 5.56 Å². The van der Waals surface area contributed by atoms with Gasteiger partial charge >= 0.3 is 5.97 Å². The molecule has 0 aromatic heterocycles. The summed E-state index contributed by atoms with van der Waals surface area (Å²) >= 11 is 0. The molecular formula is C20H28O5. The Morgan fingerprint density at radius 2 is 1.96 bits per heavy atom. The predicted molar refractivity (Wildman–Crippen MR) is 95.0 cm³/mol. The van der Waals surface area contributed by atoms with E-state index in [-0.39, 0.29) is 31.0 Å². The van der Waals surface area contributed by atoms with E-state index in [1.54, 1.807) is 0 Å². The average Bonchev–Trinajstić information content (AvgIpc) is 2.91. The molecule has 1 fully saturated rings. The van der Waals surface area contributed by atoms with Gasteiger partial charge in [0, 0.05) is 25.4 Å². The van der Waals surface area contributed by atoms with E-state index < -0.39 is 12.1 Å². The van der Waals surface area contributed by atoms with Gasteiger partial charge in [-0.2, -0.15) is 0 Å². The first-order valence-corrected chi connectivity index (χ1v) is 8.93. The quantitative estimate of drug-likeness (QED) is 0.447. The van der Waals surface area contributed by atoms with Crippen molar-refractivity contribution in [3.05, 3.63) is 48.0 Å². The summed E-state index contributed by atoms with van der Waals surface area (Å²) in [6.07, 6.45) is 6.02. The van der Waals surface area contributed by atoms with Gasteiger partial charge in [-0.05, 0) is 30.7 Å². The van der Waals surface area contributed by atoms with Crippen molar-refractivity contribution in [3.63, 3.8) is 0 Å². The van der Waals surface area contributed by atoms with E-state index in [4.69, 9.17) is 9.84 Å². The van der Waals surface area contributed by atoms with Crippen LogP contribution in [-0.2, 0) is 16.1 Å². The van der Waals surface area contributed by atoms with Crippen LogP contribution in [0.1, 0.15) is 37.7 Å². The first kappa shape index (κ1) is 19.6. The summed E-state index contributed by atoms with van der Waals surface area (Å²) in [5.74, 6) is -0.887. The Balaban J connectivity index is 1.80. The Morgan fingerprint density at radius 1 is 1.20 bits per heavy atom. The number of aliphatic hydroxyl groups is 2. The lowest BCUT2D eigenvalue weighted by Gasteiger charge is -2.23. The fraction of sp³-hybridized carbons (Fsp3) is 0.550. The number of hydrogen-bond donors (Lipinski definition) is 3. The van der Waals surface area contributed by atoms with Gasteiger partial charge in [-0.1, -0.05) is 42.5 Å². The van der Waals surface area contributed by atoms with Gasteiger partial charge in [0.15, 0.2) is 0 Å². The van der Waals surface area contributed by atoms with Crippen LogP contribution in [0.25, 0.3) is 0 Å². The molecule has 0 spiro atoms. The maximum absolute atomic E-state index is 10.5. The summed E-state index contributed by atoms with van der Waals surface area (Å²) in [6.45, 7) is 0.473. The smallest absolute Gasteiger partial charge is 0.303 e. The van der Waals surface area contributed by atoms with Crippen LogP contribution < -0.4 is 0 Å². The topological polar surface area (TPSA) is 87.0 Å². The van der Waals surface area contributed by atoms with Crippen molar-refractivity contribution in [2.75, 3.05) is 6.61 Å². The Labute approximate surface area is 149 Å². The molecule has 4 atom stereocenters. The van der Waals surface area contributed by atoms with Gasteiger partial charge in [-0.3, -0.25) is 4.79 Å². The largest absolute Gasteiger partial charge is 0.481 e. The lowest BCUT2D eigenvalue weighted by atomic mass is 9.91. The number of carboxylic acid groups (broad SMARTS) is 1. The number of unbranched alkanes of at least 4 members (excludes halogenated alkanes) is 1. The highest BCUT2D eigenvalue weighted by Crippen LogP contribution is 2.37. The van der Waals surface area contributed by atoms with E-state index in [0.29, 0.717) is 32.3 Å². The maximum atomic E-state index is 10.5.